The summed E-state index contributed by atoms with van der Waals surface area (Å²) in [6.07, 6.45) is 1.27. The molecule has 2 nitrogen and oxygen atoms in total. The van der Waals surface area contributed by atoms with Gasteiger partial charge in [-0.25, -0.2) is 4.39 Å². The molecule has 1 unspecified atom stereocenters. The predicted octanol–water partition coefficient (Wildman–Crippen LogP) is 2.14. The lowest BCUT2D eigenvalue weighted by atomic mass is 9.91. The maximum absolute atomic E-state index is 13.5. The van der Waals surface area contributed by atoms with E-state index in [1.165, 1.54) is 6.07 Å². The topological polar surface area (TPSA) is 35.2 Å². The first-order chi connectivity index (χ1) is 7.09. The molecule has 1 fully saturated rings. The van der Waals surface area contributed by atoms with Crippen molar-refractivity contribution in [2.75, 3.05) is 13.2 Å². The predicted molar refractivity (Wildman–Crippen MR) is 57.5 cm³/mol. The molecule has 4 heteroatoms. The van der Waals surface area contributed by atoms with E-state index in [1.54, 1.807) is 12.1 Å². The minimum Gasteiger partial charge on any atom is -0.379 e. The van der Waals surface area contributed by atoms with Crippen LogP contribution >= 0.6 is 11.6 Å². The summed E-state index contributed by atoms with van der Waals surface area (Å²) in [6.45, 7) is 1.15. The molecule has 0 saturated carbocycles. The van der Waals surface area contributed by atoms with Crippen LogP contribution in [0.1, 0.15) is 12.0 Å². The van der Waals surface area contributed by atoms with Gasteiger partial charge in [0.2, 0.25) is 0 Å². The van der Waals surface area contributed by atoms with Crippen LogP contribution in [0.5, 0.6) is 0 Å². The van der Waals surface area contributed by atoms with Gasteiger partial charge in [0.05, 0.1) is 6.61 Å². The quantitative estimate of drug-likeness (QED) is 0.844. The van der Waals surface area contributed by atoms with Crippen LogP contribution in [0.3, 0.4) is 0 Å². The number of nitrogens with two attached hydrogens (primary N) is 1. The smallest absolute Gasteiger partial charge is 0.127 e. The highest BCUT2D eigenvalue weighted by Gasteiger charge is 2.31. The fourth-order valence-corrected chi connectivity index (χ4v) is 1.97. The van der Waals surface area contributed by atoms with E-state index in [2.05, 4.69) is 0 Å². The Morgan fingerprint density at radius 2 is 2.33 bits per heavy atom. The first-order valence-corrected chi connectivity index (χ1v) is 5.27. The lowest BCUT2D eigenvalue weighted by molar-refractivity contribution is 0.178. The van der Waals surface area contributed by atoms with Gasteiger partial charge >= 0.3 is 0 Å². The molecule has 1 heterocycles. The lowest BCUT2D eigenvalue weighted by Gasteiger charge is -2.21. The molecule has 1 aromatic carbocycles. The van der Waals surface area contributed by atoms with Crippen LogP contribution in [-0.2, 0) is 11.2 Å². The van der Waals surface area contributed by atoms with Gasteiger partial charge in [0.15, 0.2) is 0 Å². The Kier molecular flexibility index (Phi) is 2.96. The van der Waals surface area contributed by atoms with E-state index in [4.69, 9.17) is 22.1 Å². The minimum absolute atomic E-state index is 0.292. The summed E-state index contributed by atoms with van der Waals surface area (Å²) in [5.41, 5.74) is 6.26. The van der Waals surface area contributed by atoms with Crippen LogP contribution in [0.4, 0.5) is 4.39 Å². The van der Waals surface area contributed by atoms with Crippen molar-refractivity contribution in [3.05, 3.63) is 34.6 Å². The first-order valence-electron chi connectivity index (χ1n) is 4.90. The average molecular weight is 230 g/mol. The molecule has 1 aliphatic rings. The van der Waals surface area contributed by atoms with Gasteiger partial charge in [-0.15, -0.1) is 0 Å². The Bertz CT molecular complexity index is 364. The summed E-state index contributed by atoms with van der Waals surface area (Å²) >= 11 is 5.67. The van der Waals surface area contributed by atoms with Crippen molar-refractivity contribution in [3.63, 3.8) is 0 Å². The molecule has 1 atom stereocenters. The molecule has 2 rings (SSSR count). The van der Waals surface area contributed by atoms with Gasteiger partial charge in [0, 0.05) is 17.2 Å². The molecule has 1 saturated heterocycles. The van der Waals surface area contributed by atoms with Crippen LogP contribution in [0.25, 0.3) is 0 Å². The maximum atomic E-state index is 13.5. The van der Waals surface area contributed by atoms with Gasteiger partial charge in [0.1, 0.15) is 5.82 Å². The standard InChI is InChI=1S/C11H13ClFNO/c12-9-2-1-8(10(13)5-9)6-11(14)3-4-15-7-11/h1-2,5H,3-4,6-7,14H2. The SMILES string of the molecule is NC1(Cc2ccc(Cl)cc2F)CCOC1. The second-order valence-corrected chi connectivity index (χ2v) is 4.51. The van der Waals surface area contributed by atoms with Gasteiger partial charge in [-0.3, -0.25) is 0 Å². The molecule has 1 aliphatic heterocycles. The fourth-order valence-electron chi connectivity index (χ4n) is 1.81. The molecule has 82 valence electrons. The Hall–Kier alpha value is -0.640. The van der Waals surface area contributed by atoms with Crippen LogP contribution < -0.4 is 5.73 Å². The van der Waals surface area contributed by atoms with E-state index in [0.29, 0.717) is 30.2 Å². The summed E-state index contributed by atoms with van der Waals surface area (Å²) in [7, 11) is 0. The Morgan fingerprint density at radius 1 is 1.53 bits per heavy atom. The third kappa shape index (κ3) is 2.48. The number of halogens is 2. The fraction of sp³-hybridized carbons (Fsp3) is 0.455. The van der Waals surface area contributed by atoms with E-state index in [0.717, 1.165) is 6.42 Å². The normalized spacial score (nSPS) is 25.8. The van der Waals surface area contributed by atoms with Gasteiger partial charge in [-0.1, -0.05) is 17.7 Å². The van der Waals surface area contributed by atoms with E-state index >= 15 is 0 Å². The summed E-state index contributed by atoms with van der Waals surface area (Å²) in [5.74, 6) is -0.292. The van der Waals surface area contributed by atoms with Crippen molar-refractivity contribution in [1.82, 2.24) is 0 Å². The molecule has 2 N–H and O–H groups in total. The molecule has 0 aromatic heterocycles. The van der Waals surface area contributed by atoms with E-state index in [-0.39, 0.29) is 5.82 Å². The number of hydrogen-bond acceptors (Lipinski definition) is 2. The zero-order valence-electron chi connectivity index (χ0n) is 8.30. The summed E-state index contributed by atoms with van der Waals surface area (Å²) in [5, 5.41) is 0.407. The molecule has 15 heavy (non-hydrogen) atoms. The molecule has 0 bridgehead atoms. The monoisotopic (exact) mass is 229 g/mol. The van der Waals surface area contributed by atoms with E-state index in [9.17, 15) is 4.39 Å². The maximum Gasteiger partial charge on any atom is 0.127 e. The van der Waals surface area contributed by atoms with Crippen molar-refractivity contribution in [2.24, 2.45) is 5.73 Å². The van der Waals surface area contributed by atoms with Crippen molar-refractivity contribution in [3.8, 4) is 0 Å². The Balaban J connectivity index is 2.16. The summed E-state index contributed by atoms with van der Waals surface area (Å²) < 4.78 is 18.7. The van der Waals surface area contributed by atoms with Crippen LogP contribution in [0.2, 0.25) is 5.02 Å². The zero-order chi connectivity index (χ0) is 10.9. The largest absolute Gasteiger partial charge is 0.379 e. The molecular formula is C11H13ClFNO. The highest BCUT2D eigenvalue weighted by atomic mass is 35.5. The molecule has 0 aliphatic carbocycles. The number of hydrogen-bond donors (Lipinski definition) is 1. The average Bonchev–Trinajstić information content (AvgIpc) is 2.58. The van der Waals surface area contributed by atoms with Crippen molar-refractivity contribution < 1.29 is 9.13 Å². The first kappa shape index (κ1) is 10.9. The Morgan fingerprint density at radius 3 is 2.93 bits per heavy atom. The van der Waals surface area contributed by atoms with Crippen LogP contribution in [0, 0.1) is 5.82 Å². The van der Waals surface area contributed by atoms with Crippen molar-refractivity contribution >= 4 is 11.6 Å². The van der Waals surface area contributed by atoms with E-state index < -0.39 is 5.54 Å². The van der Waals surface area contributed by atoms with Crippen molar-refractivity contribution in [1.29, 1.82) is 0 Å². The van der Waals surface area contributed by atoms with Gasteiger partial charge in [0.25, 0.3) is 0 Å². The van der Waals surface area contributed by atoms with Crippen LogP contribution in [-0.4, -0.2) is 18.8 Å². The number of rotatable bonds is 2. The van der Waals surface area contributed by atoms with Crippen LogP contribution in [0.15, 0.2) is 18.2 Å². The van der Waals surface area contributed by atoms with E-state index in [1.807, 2.05) is 0 Å². The van der Waals surface area contributed by atoms with Gasteiger partial charge in [-0.2, -0.15) is 0 Å². The highest BCUT2D eigenvalue weighted by molar-refractivity contribution is 6.30. The molecule has 1 aromatic rings. The second kappa shape index (κ2) is 4.08. The lowest BCUT2D eigenvalue weighted by Crippen LogP contribution is -2.42. The summed E-state index contributed by atoms with van der Waals surface area (Å²) in [4.78, 5) is 0. The molecular weight excluding hydrogens is 217 g/mol. The second-order valence-electron chi connectivity index (χ2n) is 4.08. The number of ether oxygens (including phenoxy) is 1. The zero-order valence-corrected chi connectivity index (χ0v) is 9.06. The third-order valence-corrected chi connectivity index (χ3v) is 2.93. The molecule has 0 spiro atoms. The van der Waals surface area contributed by atoms with Gasteiger partial charge in [-0.05, 0) is 30.5 Å². The van der Waals surface area contributed by atoms with Gasteiger partial charge < -0.3 is 10.5 Å². The molecule has 0 radical (unpaired) electrons. The molecule has 0 amide bonds. The Labute approximate surface area is 93.2 Å². The summed E-state index contributed by atoms with van der Waals surface area (Å²) in [6, 6.07) is 4.68. The highest BCUT2D eigenvalue weighted by Crippen LogP contribution is 2.23. The third-order valence-electron chi connectivity index (χ3n) is 2.69. The number of benzene rings is 1. The van der Waals surface area contributed by atoms with Crippen molar-refractivity contribution in [2.45, 2.75) is 18.4 Å². The minimum atomic E-state index is -0.422.